The molecule has 7 atom stereocenters. The highest BCUT2D eigenvalue weighted by Gasteiger charge is 2.46. The quantitative estimate of drug-likeness (QED) is 0.319. The van der Waals surface area contributed by atoms with Crippen LogP contribution in [0.1, 0.15) is 56.6 Å². The largest absolute Gasteiger partial charge is 0.461 e. The number of rotatable bonds is 6. The number of fused-ring (bicyclic) bond motifs is 3. The molecule has 306 valence electrons. The Morgan fingerprint density at radius 1 is 0.860 bits per heavy atom. The molecule has 6 rings (SSSR count). The molecule has 4 N–H and O–H groups in total. The van der Waals surface area contributed by atoms with Crippen LogP contribution in [-0.4, -0.2) is 125 Å². The normalized spacial score (nSPS) is 26.5. The Hall–Kier alpha value is -5.68. The fourth-order valence-electron chi connectivity index (χ4n) is 7.86. The van der Waals surface area contributed by atoms with Crippen molar-refractivity contribution in [1.29, 1.82) is 0 Å². The molecular weight excluding hydrogens is 751 g/mol. The van der Waals surface area contributed by atoms with Crippen molar-refractivity contribution in [2.24, 2.45) is 0 Å². The smallest absolute Gasteiger partial charge is 0.329 e. The number of amides is 7. The maximum absolute atomic E-state index is 14.8. The summed E-state index contributed by atoms with van der Waals surface area (Å²) in [5.74, 6) is -6.63. The van der Waals surface area contributed by atoms with E-state index >= 15 is 0 Å². The molecular formula is C39H46F3N7O8. The molecule has 0 aliphatic carbocycles. The zero-order valence-corrected chi connectivity index (χ0v) is 31.6. The summed E-state index contributed by atoms with van der Waals surface area (Å²) >= 11 is 0. The van der Waals surface area contributed by atoms with Crippen LogP contribution in [0.25, 0.3) is 0 Å². The van der Waals surface area contributed by atoms with Crippen molar-refractivity contribution < 1.29 is 51.5 Å². The SMILES string of the molecule is Cc1ccc(NC(=O)NC(Cc2cc(F)cc(F)c2)C(=O)NC2COC(=O)C3CC(F)CN3C(=O)C(C)NC(=O)C3CCCCN3C(=O)C3CCCN3C2=O)cc1. The molecule has 7 unspecified atom stereocenters. The minimum Gasteiger partial charge on any atom is -0.461 e. The van der Waals surface area contributed by atoms with E-state index in [1.165, 1.54) is 16.7 Å². The topological polar surface area (TPSA) is 187 Å². The van der Waals surface area contributed by atoms with Gasteiger partial charge < -0.3 is 40.7 Å². The number of ether oxygens (including phenoxy) is 1. The Kier molecular flexibility index (Phi) is 12.7. The van der Waals surface area contributed by atoms with Crippen molar-refractivity contribution in [1.82, 2.24) is 30.7 Å². The van der Waals surface area contributed by atoms with E-state index in [4.69, 9.17) is 4.74 Å². The number of esters is 1. The lowest BCUT2D eigenvalue weighted by atomic mass is 9.99. The van der Waals surface area contributed by atoms with Gasteiger partial charge in [0.1, 0.15) is 60.7 Å². The van der Waals surface area contributed by atoms with Crippen LogP contribution < -0.4 is 21.3 Å². The summed E-state index contributed by atoms with van der Waals surface area (Å²) < 4.78 is 48.8. The number of piperidine rings is 1. The molecule has 0 bridgehead atoms. The summed E-state index contributed by atoms with van der Waals surface area (Å²) in [6.45, 7) is 2.27. The van der Waals surface area contributed by atoms with Crippen molar-refractivity contribution in [3.63, 3.8) is 0 Å². The number of carbonyl (C=O) groups excluding carboxylic acids is 7. The van der Waals surface area contributed by atoms with Gasteiger partial charge >= 0.3 is 12.0 Å². The van der Waals surface area contributed by atoms with Crippen LogP contribution in [-0.2, 0) is 39.9 Å². The first-order valence-electron chi connectivity index (χ1n) is 19.1. The number of aryl methyl sites for hydroxylation is 1. The van der Waals surface area contributed by atoms with Gasteiger partial charge in [-0.1, -0.05) is 17.7 Å². The maximum Gasteiger partial charge on any atom is 0.329 e. The fourth-order valence-corrected chi connectivity index (χ4v) is 7.86. The van der Waals surface area contributed by atoms with Gasteiger partial charge in [-0.25, -0.2) is 22.8 Å². The summed E-state index contributed by atoms with van der Waals surface area (Å²) in [7, 11) is 0. The number of hydrogen-bond donors (Lipinski definition) is 4. The summed E-state index contributed by atoms with van der Waals surface area (Å²) in [5, 5.41) is 10.2. The second kappa shape index (κ2) is 17.6. The van der Waals surface area contributed by atoms with E-state index in [1.807, 2.05) is 6.92 Å². The molecule has 4 aliphatic heterocycles. The Bertz CT molecular complexity index is 1880. The van der Waals surface area contributed by atoms with E-state index in [1.54, 1.807) is 24.3 Å². The Morgan fingerprint density at radius 2 is 1.53 bits per heavy atom. The van der Waals surface area contributed by atoms with Gasteiger partial charge in [-0.3, -0.25) is 24.0 Å². The molecule has 0 saturated carbocycles. The highest BCUT2D eigenvalue weighted by molar-refractivity contribution is 5.98. The number of alkyl halides is 1. The minimum absolute atomic E-state index is 0.00893. The zero-order chi connectivity index (χ0) is 41.0. The van der Waals surface area contributed by atoms with Crippen molar-refractivity contribution in [2.75, 3.05) is 31.6 Å². The molecule has 4 aliphatic rings. The van der Waals surface area contributed by atoms with Crippen molar-refractivity contribution in [2.45, 2.75) is 101 Å². The van der Waals surface area contributed by atoms with Crippen LogP contribution in [0.3, 0.4) is 0 Å². The molecule has 4 saturated heterocycles. The number of carbonyl (C=O) groups is 7. The molecule has 18 heteroatoms. The Morgan fingerprint density at radius 3 is 2.25 bits per heavy atom. The monoisotopic (exact) mass is 797 g/mol. The summed E-state index contributed by atoms with van der Waals surface area (Å²) in [5.41, 5.74) is 1.28. The number of anilines is 1. The van der Waals surface area contributed by atoms with Crippen LogP contribution in [0, 0.1) is 18.6 Å². The lowest BCUT2D eigenvalue weighted by Gasteiger charge is -2.39. The van der Waals surface area contributed by atoms with Crippen LogP contribution in [0.4, 0.5) is 23.7 Å². The highest BCUT2D eigenvalue weighted by atomic mass is 19.1. The number of nitrogens with one attached hydrogen (secondary N) is 4. The number of halogens is 3. The number of cyclic esters (lactones) is 1. The van der Waals surface area contributed by atoms with Crippen LogP contribution in [0.5, 0.6) is 0 Å². The standard InChI is InChI=1S/C39H46F3N7O8/c1-21-8-10-27(11-9-21)44-39(56)46-28(16-23-14-24(40)17-25(41)15-23)33(50)45-29-20-57-38(55)32-18-26(42)19-49(32)35(52)22(2)43-34(51)30-6-3-4-12-47(30)37(54)31-7-5-13-48(31)36(29)53/h8-11,14-15,17,22,26,28-32H,3-7,12-13,16,18-20H2,1-2H3,(H,43,51)(H,45,50)(H2,44,46,56). The highest BCUT2D eigenvalue weighted by Crippen LogP contribution is 2.27. The average molecular weight is 798 g/mol. The first kappa shape index (κ1) is 41.0. The molecule has 2 aromatic rings. The zero-order valence-electron chi connectivity index (χ0n) is 31.6. The van der Waals surface area contributed by atoms with Crippen LogP contribution >= 0.6 is 0 Å². The minimum atomic E-state index is -1.68. The van der Waals surface area contributed by atoms with Crippen molar-refractivity contribution in [3.8, 4) is 0 Å². The number of urea groups is 1. The maximum atomic E-state index is 14.8. The molecule has 15 nitrogen and oxygen atoms in total. The molecule has 0 spiro atoms. The average Bonchev–Trinajstić information content (AvgIpc) is 3.82. The van der Waals surface area contributed by atoms with E-state index in [0.717, 1.165) is 22.6 Å². The first-order valence-corrected chi connectivity index (χ1v) is 19.1. The van der Waals surface area contributed by atoms with Crippen molar-refractivity contribution in [3.05, 3.63) is 65.2 Å². The second-order valence-corrected chi connectivity index (χ2v) is 15.0. The van der Waals surface area contributed by atoms with E-state index in [0.29, 0.717) is 37.4 Å². The molecule has 7 amide bonds. The number of hydrogen-bond acceptors (Lipinski definition) is 8. The molecule has 0 aromatic heterocycles. The Labute approximate surface area is 327 Å². The van der Waals surface area contributed by atoms with E-state index < -0.39 is 122 Å². The number of benzene rings is 2. The van der Waals surface area contributed by atoms with Gasteiger partial charge in [-0.15, -0.1) is 0 Å². The Balaban J connectivity index is 1.31. The van der Waals surface area contributed by atoms with Crippen molar-refractivity contribution >= 4 is 47.2 Å². The summed E-state index contributed by atoms with van der Waals surface area (Å²) in [6, 6.07) is 0.617. The van der Waals surface area contributed by atoms with Gasteiger partial charge in [0, 0.05) is 37.7 Å². The van der Waals surface area contributed by atoms with Gasteiger partial charge in [0.25, 0.3) is 0 Å². The molecule has 2 aromatic carbocycles. The van der Waals surface area contributed by atoms with Gasteiger partial charge in [0.2, 0.25) is 29.5 Å². The summed E-state index contributed by atoms with van der Waals surface area (Å²) in [6.07, 6.45) is -0.331. The van der Waals surface area contributed by atoms with Gasteiger partial charge in [-0.2, -0.15) is 0 Å². The second-order valence-electron chi connectivity index (χ2n) is 15.0. The van der Waals surface area contributed by atoms with E-state index in [9.17, 15) is 46.7 Å². The third kappa shape index (κ3) is 9.65. The third-order valence-electron chi connectivity index (χ3n) is 10.7. The first-order chi connectivity index (χ1) is 27.2. The molecule has 4 fully saturated rings. The van der Waals surface area contributed by atoms with E-state index in [2.05, 4.69) is 21.3 Å². The predicted molar refractivity (Wildman–Crippen MR) is 197 cm³/mol. The molecule has 0 radical (unpaired) electrons. The predicted octanol–water partition coefficient (Wildman–Crippen LogP) is 1.86. The van der Waals surface area contributed by atoms with Gasteiger partial charge in [0.15, 0.2) is 0 Å². The fraction of sp³-hybridized carbons (Fsp3) is 0.513. The number of nitrogens with zero attached hydrogens (tertiary/aromatic N) is 3. The summed E-state index contributed by atoms with van der Waals surface area (Å²) in [4.78, 5) is 100. The van der Waals surface area contributed by atoms with Crippen LogP contribution in [0.15, 0.2) is 42.5 Å². The molecule has 4 heterocycles. The lowest BCUT2D eigenvalue weighted by Crippen LogP contribution is -2.62. The lowest BCUT2D eigenvalue weighted by molar-refractivity contribution is -0.158. The molecule has 57 heavy (non-hydrogen) atoms. The van der Waals surface area contributed by atoms with E-state index in [-0.39, 0.29) is 25.1 Å². The van der Waals surface area contributed by atoms with Gasteiger partial charge in [0.05, 0.1) is 6.54 Å². The van der Waals surface area contributed by atoms with Gasteiger partial charge in [-0.05, 0) is 75.8 Å². The van der Waals surface area contributed by atoms with Crippen LogP contribution in [0.2, 0.25) is 0 Å². The third-order valence-corrected chi connectivity index (χ3v) is 10.7.